The van der Waals surface area contributed by atoms with Crippen molar-refractivity contribution in [2.24, 2.45) is 5.92 Å². The van der Waals surface area contributed by atoms with E-state index < -0.39 is 35.8 Å². The molecule has 3 atom stereocenters. The molecule has 2 aromatic carbocycles. The van der Waals surface area contributed by atoms with Crippen molar-refractivity contribution in [1.29, 1.82) is 0 Å². The number of aromatic amines is 1. The zero-order valence-corrected chi connectivity index (χ0v) is 28.6. The number of aryl methyl sites for hydroxylation is 1. The number of nitrogens with one attached hydrogen (secondary N) is 4. The monoisotopic (exact) mass is 681 g/mol. The van der Waals surface area contributed by atoms with E-state index in [9.17, 15) is 19.2 Å². The minimum absolute atomic E-state index is 0.0433. The number of fused-ring (bicyclic) bond motifs is 5. The van der Waals surface area contributed by atoms with Crippen LogP contribution in [-0.2, 0) is 22.4 Å². The van der Waals surface area contributed by atoms with Gasteiger partial charge in [0.15, 0.2) is 5.69 Å². The maximum atomic E-state index is 14.1. The van der Waals surface area contributed by atoms with E-state index in [-0.39, 0.29) is 48.6 Å². The van der Waals surface area contributed by atoms with Crippen molar-refractivity contribution in [2.75, 3.05) is 13.1 Å². The Bertz CT molecular complexity index is 1980. The van der Waals surface area contributed by atoms with Crippen LogP contribution in [-0.4, -0.2) is 62.6 Å². The molecular formula is C36H39N7O5S. The molecule has 4 N–H and O–H groups in total. The third-order valence-corrected chi connectivity index (χ3v) is 9.58. The van der Waals surface area contributed by atoms with Gasteiger partial charge in [-0.25, -0.2) is 9.97 Å². The first-order valence-corrected chi connectivity index (χ1v) is 17.1. The van der Waals surface area contributed by atoms with Gasteiger partial charge in [0.05, 0.1) is 25.0 Å². The van der Waals surface area contributed by atoms with Crippen molar-refractivity contribution in [1.82, 2.24) is 35.8 Å². The molecule has 6 rings (SSSR count). The van der Waals surface area contributed by atoms with Crippen LogP contribution in [0.4, 0.5) is 0 Å². The van der Waals surface area contributed by atoms with Gasteiger partial charge in [-0.3, -0.25) is 19.2 Å². The van der Waals surface area contributed by atoms with Crippen LogP contribution in [0.5, 0.6) is 0 Å². The van der Waals surface area contributed by atoms with E-state index in [0.29, 0.717) is 17.2 Å². The zero-order chi connectivity index (χ0) is 34.7. The second-order valence-electron chi connectivity index (χ2n) is 12.7. The summed E-state index contributed by atoms with van der Waals surface area (Å²) in [5.41, 5.74) is 2.94. The summed E-state index contributed by atoms with van der Waals surface area (Å²) in [6, 6.07) is 15.6. The number of amides is 4. The van der Waals surface area contributed by atoms with Gasteiger partial charge in [0.1, 0.15) is 22.5 Å². The number of thiazole rings is 1. The molecule has 0 unspecified atom stereocenters. The molecule has 5 aromatic rings. The van der Waals surface area contributed by atoms with Gasteiger partial charge in [-0.2, -0.15) is 0 Å². The summed E-state index contributed by atoms with van der Waals surface area (Å²) in [5, 5.41) is 12.1. The summed E-state index contributed by atoms with van der Waals surface area (Å²) in [4.78, 5) is 68.5. The molecule has 12 nitrogen and oxygen atoms in total. The van der Waals surface area contributed by atoms with Crippen LogP contribution in [0.15, 0.2) is 70.6 Å². The smallest absolute Gasteiger partial charge is 0.274 e. The van der Waals surface area contributed by atoms with E-state index in [0.717, 1.165) is 22.0 Å². The van der Waals surface area contributed by atoms with Gasteiger partial charge in [-0.15, -0.1) is 11.3 Å². The second kappa shape index (κ2) is 14.4. The maximum absolute atomic E-state index is 14.1. The van der Waals surface area contributed by atoms with Crippen LogP contribution in [0, 0.1) is 12.8 Å². The van der Waals surface area contributed by atoms with Gasteiger partial charge in [-0.1, -0.05) is 62.4 Å². The maximum Gasteiger partial charge on any atom is 0.274 e. The number of benzene rings is 2. The molecule has 0 spiro atoms. The van der Waals surface area contributed by atoms with Gasteiger partial charge < -0.3 is 30.3 Å². The predicted molar refractivity (Wildman–Crippen MR) is 185 cm³/mol. The van der Waals surface area contributed by atoms with Crippen molar-refractivity contribution in [3.05, 3.63) is 105 Å². The largest absolute Gasteiger partial charge is 0.443 e. The number of carbonyl (C=O) groups excluding carboxylic acids is 4. The molecular weight excluding hydrogens is 643 g/mol. The lowest BCUT2D eigenvalue weighted by Gasteiger charge is -2.29. The van der Waals surface area contributed by atoms with Crippen LogP contribution in [0.2, 0.25) is 0 Å². The molecule has 4 heterocycles. The highest BCUT2D eigenvalue weighted by atomic mass is 32.1. The van der Waals surface area contributed by atoms with Crippen molar-refractivity contribution in [2.45, 2.75) is 58.7 Å². The SMILES string of the molecule is Cc1oc2nc1C(=O)N[C@H](C)c1nc(cs1)C(=O)N[C@H](Cc1ccccc1)CN(C(=O)Cc1c[nH]c3ccccc13)CC(=O)N[C@H]2C(C)C. The Morgan fingerprint density at radius 1 is 1.00 bits per heavy atom. The number of carbonyl (C=O) groups is 4. The molecule has 49 heavy (non-hydrogen) atoms. The van der Waals surface area contributed by atoms with Crippen molar-refractivity contribution >= 4 is 45.9 Å². The van der Waals surface area contributed by atoms with Gasteiger partial charge >= 0.3 is 0 Å². The molecule has 0 radical (unpaired) electrons. The third kappa shape index (κ3) is 7.72. The molecule has 4 amide bonds. The van der Waals surface area contributed by atoms with Crippen LogP contribution in [0.25, 0.3) is 10.9 Å². The molecule has 0 fully saturated rings. The number of hydrogen-bond acceptors (Lipinski definition) is 8. The van der Waals surface area contributed by atoms with E-state index >= 15 is 0 Å². The summed E-state index contributed by atoms with van der Waals surface area (Å²) in [6.45, 7) is 7.01. The highest BCUT2D eigenvalue weighted by Crippen LogP contribution is 2.25. The number of nitrogens with zero attached hydrogens (tertiary/aromatic N) is 3. The van der Waals surface area contributed by atoms with E-state index in [2.05, 4.69) is 30.9 Å². The number of rotatable bonds is 5. The number of para-hydroxylation sites is 1. The van der Waals surface area contributed by atoms with E-state index in [1.807, 2.05) is 74.6 Å². The van der Waals surface area contributed by atoms with Crippen LogP contribution >= 0.6 is 11.3 Å². The predicted octanol–water partition coefficient (Wildman–Crippen LogP) is 4.65. The summed E-state index contributed by atoms with van der Waals surface area (Å²) >= 11 is 1.26. The molecule has 3 aromatic heterocycles. The van der Waals surface area contributed by atoms with Crippen molar-refractivity contribution in [3.8, 4) is 0 Å². The Balaban J connectivity index is 1.37. The Kier molecular flexibility index (Phi) is 9.90. The van der Waals surface area contributed by atoms with Crippen LogP contribution < -0.4 is 16.0 Å². The first-order valence-electron chi connectivity index (χ1n) is 16.3. The van der Waals surface area contributed by atoms with Gasteiger partial charge in [0.25, 0.3) is 11.8 Å². The average Bonchev–Trinajstić information content (AvgIpc) is 3.82. The molecule has 0 aliphatic carbocycles. The first kappa shape index (κ1) is 33.6. The average molecular weight is 682 g/mol. The Morgan fingerprint density at radius 3 is 2.53 bits per heavy atom. The molecule has 13 heteroatoms. The minimum atomic E-state index is -0.670. The Labute approximate surface area is 287 Å². The van der Waals surface area contributed by atoms with Gasteiger partial charge in [-0.05, 0) is 43.4 Å². The Hall–Kier alpha value is -5.30. The second-order valence-corrected chi connectivity index (χ2v) is 13.6. The van der Waals surface area contributed by atoms with E-state index in [1.165, 1.54) is 16.2 Å². The lowest BCUT2D eigenvalue weighted by molar-refractivity contribution is -0.136. The molecule has 254 valence electrons. The molecule has 0 saturated carbocycles. The third-order valence-electron chi connectivity index (χ3n) is 8.55. The zero-order valence-electron chi connectivity index (χ0n) is 27.8. The lowest BCUT2D eigenvalue weighted by atomic mass is 10.0. The fraction of sp³-hybridized carbons (Fsp3) is 0.333. The van der Waals surface area contributed by atoms with E-state index in [1.54, 1.807) is 19.2 Å². The summed E-state index contributed by atoms with van der Waals surface area (Å²) in [5.74, 6) is -1.26. The molecule has 1 aliphatic rings. The molecule has 4 bridgehead atoms. The van der Waals surface area contributed by atoms with Crippen molar-refractivity contribution in [3.63, 3.8) is 0 Å². The fourth-order valence-corrected chi connectivity index (χ4v) is 6.78. The normalized spacial score (nSPS) is 19.2. The fourth-order valence-electron chi connectivity index (χ4n) is 5.98. The van der Waals surface area contributed by atoms with Crippen molar-refractivity contribution < 1.29 is 23.6 Å². The minimum Gasteiger partial charge on any atom is -0.443 e. The summed E-state index contributed by atoms with van der Waals surface area (Å²) < 4.78 is 5.93. The number of hydrogen-bond donors (Lipinski definition) is 4. The van der Waals surface area contributed by atoms with Gasteiger partial charge in [0, 0.05) is 29.0 Å². The highest BCUT2D eigenvalue weighted by Gasteiger charge is 2.31. The standard InChI is InChI=1S/C36H39N7O5S/c1-20(2)31-35-42-32(22(4)48-35)34(47)38-21(3)36-40-28(19-49-36)33(46)39-25(14-23-10-6-5-7-11-23)17-43(18-29(44)41-31)30(45)15-24-16-37-27-13-9-8-12-26(24)27/h5-13,16,19-21,25,31,37H,14-15,17-18H2,1-4H3,(H,38,47)(H,39,46)(H,41,44)/t21-,25-,31+/m1/s1. The quantitative estimate of drug-likeness (QED) is 0.210. The number of oxazole rings is 1. The van der Waals surface area contributed by atoms with Crippen LogP contribution in [0.3, 0.4) is 0 Å². The van der Waals surface area contributed by atoms with Crippen LogP contribution in [0.1, 0.15) is 81.6 Å². The van der Waals surface area contributed by atoms with E-state index in [4.69, 9.17) is 4.42 Å². The Morgan fingerprint density at radius 2 is 1.76 bits per heavy atom. The van der Waals surface area contributed by atoms with Gasteiger partial charge in [0.2, 0.25) is 17.7 Å². The number of aromatic nitrogens is 3. The topological polar surface area (TPSA) is 162 Å². The number of H-pyrrole nitrogens is 1. The summed E-state index contributed by atoms with van der Waals surface area (Å²) in [6.07, 6.45) is 2.26. The lowest BCUT2D eigenvalue weighted by Crippen LogP contribution is -2.50. The summed E-state index contributed by atoms with van der Waals surface area (Å²) in [7, 11) is 0. The first-order chi connectivity index (χ1) is 23.5. The molecule has 0 saturated heterocycles. The highest BCUT2D eigenvalue weighted by molar-refractivity contribution is 7.09. The molecule has 1 aliphatic heterocycles.